The Morgan fingerprint density at radius 3 is 2.32 bits per heavy atom. The number of piperazine rings is 1. The van der Waals surface area contributed by atoms with Gasteiger partial charge in [-0.15, -0.1) is 0 Å². The first-order valence-corrected chi connectivity index (χ1v) is 9.45. The number of hydrogen-bond acceptors (Lipinski definition) is 6. The van der Waals surface area contributed by atoms with E-state index in [1.807, 2.05) is 6.07 Å². The maximum atomic E-state index is 12.2. The van der Waals surface area contributed by atoms with Crippen LogP contribution < -0.4 is 10.1 Å². The van der Waals surface area contributed by atoms with Crippen molar-refractivity contribution in [1.82, 2.24) is 9.21 Å². The molecule has 25 heavy (non-hydrogen) atoms. The number of nitrogens with zero attached hydrogens (tertiary/aromatic N) is 3. The number of anilines is 1. The number of nitriles is 1. The summed E-state index contributed by atoms with van der Waals surface area (Å²) in [5, 5.41) is 11.9. The van der Waals surface area contributed by atoms with Gasteiger partial charge in [-0.2, -0.15) is 9.57 Å². The molecule has 1 N–H and O–H groups in total. The Bertz CT molecular complexity index is 788. The third-order valence-corrected chi connectivity index (χ3v) is 5.07. The first kappa shape index (κ1) is 18.8. The van der Waals surface area contributed by atoms with Gasteiger partial charge in [-0.1, -0.05) is 0 Å². The van der Waals surface area contributed by atoms with E-state index in [-0.39, 0.29) is 5.57 Å². The molecule has 1 saturated heterocycles. The van der Waals surface area contributed by atoms with Crippen LogP contribution in [0.2, 0.25) is 0 Å². The van der Waals surface area contributed by atoms with Crippen LogP contribution in [0, 0.1) is 11.3 Å². The highest BCUT2D eigenvalue weighted by Gasteiger charge is 2.23. The Hall–Kier alpha value is -2.57. The van der Waals surface area contributed by atoms with E-state index in [1.165, 1.54) is 16.8 Å². The number of carbonyl (C=O) groups is 1. The summed E-state index contributed by atoms with van der Waals surface area (Å²) < 4.78 is 29.4. The van der Waals surface area contributed by atoms with Gasteiger partial charge in [0.05, 0.1) is 13.4 Å². The second kappa shape index (κ2) is 8.00. The summed E-state index contributed by atoms with van der Waals surface area (Å²) in [7, 11) is -1.67. The van der Waals surface area contributed by atoms with Crippen LogP contribution in [0.3, 0.4) is 0 Å². The molecule has 1 aromatic rings. The molecule has 0 aliphatic carbocycles. The van der Waals surface area contributed by atoms with Gasteiger partial charge in [0.25, 0.3) is 5.91 Å². The molecule has 1 amide bonds. The van der Waals surface area contributed by atoms with Crippen molar-refractivity contribution >= 4 is 21.6 Å². The summed E-state index contributed by atoms with van der Waals surface area (Å²) in [5.41, 5.74) is 0.512. The maximum absolute atomic E-state index is 12.2. The van der Waals surface area contributed by atoms with Crippen LogP contribution in [-0.4, -0.2) is 63.1 Å². The van der Waals surface area contributed by atoms with Crippen molar-refractivity contribution in [3.63, 3.8) is 0 Å². The minimum Gasteiger partial charge on any atom is -0.497 e. The van der Waals surface area contributed by atoms with Crippen molar-refractivity contribution in [3.05, 3.63) is 36.0 Å². The zero-order valence-corrected chi connectivity index (χ0v) is 14.9. The lowest BCUT2D eigenvalue weighted by atomic mass is 10.2. The van der Waals surface area contributed by atoms with Crippen LogP contribution in [0.15, 0.2) is 36.0 Å². The Kier molecular flexibility index (Phi) is 6.01. The number of hydrogen-bond donors (Lipinski definition) is 1. The molecule has 0 spiro atoms. The summed E-state index contributed by atoms with van der Waals surface area (Å²) in [6.45, 7) is 1.50. The van der Waals surface area contributed by atoms with E-state index in [4.69, 9.17) is 4.74 Å². The van der Waals surface area contributed by atoms with Crippen LogP contribution >= 0.6 is 0 Å². The molecule has 134 valence electrons. The van der Waals surface area contributed by atoms with Gasteiger partial charge in [-0.3, -0.25) is 4.79 Å². The largest absolute Gasteiger partial charge is 0.497 e. The van der Waals surface area contributed by atoms with Gasteiger partial charge in [0, 0.05) is 38.1 Å². The predicted molar refractivity (Wildman–Crippen MR) is 93.3 cm³/mol. The number of amides is 1. The highest BCUT2D eigenvalue weighted by atomic mass is 32.2. The minimum absolute atomic E-state index is 0.0383. The van der Waals surface area contributed by atoms with E-state index < -0.39 is 15.9 Å². The molecular formula is C16H20N4O4S. The van der Waals surface area contributed by atoms with Crippen LogP contribution in [-0.2, 0) is 14.8 Å². The summed E-state index contributed by atoms with van der Waals surface area (Å²) in [6, 6.07) is 8.65. The average molecular weight is 364 g/mol. The number of sulfonamides is 1. The molecule has 2 rings (SSSR count). The fraction of sp³-hybridized carbons (Fsp3) is 0.375. The van der Waals surface area contributed by atoms with Crippen molar-refractivity contribution < 1.29 is 17.9 Å². The fourth-order valence-electron chi connectivity index (χ4n) is 2.36. The number of carbonyl (C=O) groups excluding carboxylic acids is 1. The molecule has 9 heteroatoms. The van der Waals surface area contributed by atoms with E-state index in [1.54, 1.807) is 36.3 Å². The third kappa shape index (κ3) is 5.20. The Balaban J connectivity index is 2.00. The number of rotatable bonds is 5. The van der Waals surface area contributed by atoms with E-state index in [0.717, 1.165) is 0 Å². The van der Waals surface area contributed by atoms with Gasteiger partial charge in [0.1, 0.15) is 17.4 Å². The maximum Gasteiger partial charge on any atom is 0.267 e. The highest BCUT2D eigenvalue weighted by Crippen LogP contribution is 2.16. The van der Waals surface area contributed by atoms with Gasteiger partial charge in [-0.25, -0.2) is 8.42 Å². The zero-order chi connectivity index (χ0) is 18.4. The monoisotopic (exact) mass is 364 g/mol. The van der Waals surface area contributed by atoms with Crippen molar-refractivity contribution in [2.75, 3.05) is 44.9 Å². The van der Waals surface area contributed by atoms with Crippen molar-refractivity contribution in [2.24, 2.45) is 0 Å². The molecule has 1 aliphatic rings. The lowest BCUT2D eigenvalue weighted by molar-refractivity contribution is -0.112. The first-order chi connectivity index (χ1) is 11.8. The van der Waals surface area contributed by atoms with E-state index in [9.17, 15) is 18.5 Å². The number of benzene rings is 1. The van der Waals surface area contributed by atoms with Crippen LogP contribution in [0.4, 0.5) is 5.69 Å². The molecule has 0 aromatic heterocycles. The first-order valence-electron chi connectivity index (χ1n) is 7.60. The van der Waals surface area contributed by atoms with Crippen molar-refractivity contribution in [1.29, 1.82) is 5.26 Å². The quantitative estimate of drug-likeness (QED) is 0.607. The Morgan fingerprint density at radius 2 is 1.84 bits per heavy atom. The van der Waals surface area contributed by atoms with Gasteiger partial charge < -0.3 is 15.0 Å². The molecule has 0 atom stereocenters. The molecule has 0 radical (unpaired) electrons. The standard InChI is InChI=1S/C16H20N4O4S/c1-24-15-5-3-14(4-6-15)18-16(21)13(11-17)12-19-7-9-20(10-8-19)25(2,22)23/h3-6,12H,7-10H2,1-2H3,(H,18,21)/b13-12-. The van der Waals surface area contributed by atoms with Crippen molar-refractivity contribution in [3.8, 4) is 11.8 Å². The molecule has 1 heterocycles. The zero-order valence-electron chi connectivity index (χ0n) is 14.1. The molecule has 1 aromatic carbocycles. The number of methoxy groups -OCH3 is 1. The lowest BCUT2D eigenvalue weighted by Gasteiger charge is -2.32. The van der Waals surface area contributed by atoms with E-state index in [2.05, 4.69) is 5.32 Å². The van der Waals surface area contributed by atoms with Gasteiger partial charge in [0.15, 0.2) is 0 Å². The van der Waals surface area contributed by atoms with Crippen LogP contribution in [0.25, 0.3) is 0 Å². The highest BCUT2D eigenvalue weighted by molar-refractivity contribution is 7.88. The molecule has 0 bridgehead atoms. The second-order valence-corrected chi connectivity index (χ2v) is 7.52. The normalized spacial score (nSPS) is 16.2. The lowest BCUT2D eigenvalue weighted by Crippen LogP contribution is -2.46. The third-order valence-electron chi connectivity index (χ3n) is 3.77. The van der Waals surface area contributed by atoms with Gasteiger partial charge >= 0.3 is 0 Å². The molecule has 0 saturated carbocycles. The number of ether oxygens (including phenoxy) is 1. The summed E-state index contributed by atoms with van der Waals surface area (Å²) in [5.74, 6) is 0.149. The Morgan fingerprint density at radius 1 is 1.24 bits per heavy atom. The predicted octanol–water partition coefficient (Wildman–Crippen LogP) is 0.618. The Labute approximate surface area is 147 Å². The smallest absolute Gasteiger partial charge is 0.267 e. The number of nitrogens with one attached hydrogen (secondary N) is 1. The average Bonchev–Trinajstić information content (AvgIpc) is 2.60. The summed E-state index contributed by atoms with van der Waals surface area (Å²) in [6.07, 6.45) is 2.64. The molecule has 1 fully saturated rings. The minimum atomic E-state index is -3.21. The second-order valence-electron chi connectivity index (χ2n) is 5.54. The van der Waals surface area contributed by atoms with Crippen LogP contribution in [0.5, 0.6) is 5.75 Å². The van der Waals surface area contributed by atoms with Gasteiger partial charge in [0.2, 0.25) is 10.0 Å². The fourth-order valence-corrected chi connectivity index (χ4v) is 3.18. The molecule has 0 unspecified atom stereocenters. The topological polar surface area (TPSA) is 103 Å². The summed E-state index contributed by atoms with van der Waals surface area (Å²) >= 11 is 0. The van der Waals surface area contributed by atoms with Crippen molar-refractivity contribution in [2.45, 2.75) is 0 Å². The molecular weight excluding hydrogens is 344 g/mol. The van der Waals surface area contributed by atoms with E-state index >= 15 is 0 Å². The van der Waals surface area contributed by atoms with Crippen LogP contribution in [0.1, 0.15) is 0 Å². The molecule has 8 nitrogen and oxygen atoms in total. The SMILES string of the molecule is COc1ccc(NC(=O)/C(C#N)=C\N2CCN(S(C)(=O)=O)CC2)cc1. The van der Waals surface area contributed by atoms with E-state index in [0.29, 0.717) is 37.6 Å². The summed E-state index contributed by atoms with van der Waals surface area (Å²) in [4.78, 5) is 14.0. The molecule has 1 aliphatic heterocycles. The van der Waals surface area contributed by atoms with Gasteiger partial charge in [-0.05, 0) is 24.3 Å².